The minimum absolute atomic E-state index is 0.115. The first-order valence-electron chi connectivity index (χ1n) is 12.2. The summed E-state index contributed by atoms with van der Waals surface area (Å²) in [6.07, 6.45) is 6.56. The Morgan fingerprint density at radius 1 is 1.18 bits per heavy atom. The number of ether oxygens (including phenoxy) is 1. The van der Waals surface area contributed by atoms with Crippen LogP contribution in [0.25, 0.3) is 0 Å². The van der Waals surface area contributed by atoms with Gasteiger partial charge in [-0.05, 0) is 63.0 Å². The number of nitrogens with zero attached hydrogens (tertiary/aromatic N) is 2. The van der Waals surface area contributed by atoms with Crippen molar-refractivity contribution in [3.8, 4) is 11.8 Å². The number of rotatable bonds is 7. The maximum absolute atomic E-state index is 13.3. The molecule has 1 aliphatic heterocycles. The van der Waals surface area contributed by atoms with Crippen molar-refractivity contribution in [2.45, 2.75) is 70.4 Å². The molecule has 1 aromatic carbocycles. The zero-order valence-electron chi connectivity index (χ0n) is 19.3. The van der Waals surface area contributed by atoms with Gasteiger partial charge in [0.05, 0.1) is 6.07 Å². The van der Waals surface area contributed by atoms with Crippen LogP contribution in [0.15, 0.2) is 24.3 Å². The fourth-order valence-electron chi connectivity index (χ4n) is 5.75. The number of nitriles is 1. The lowest BCUT2D eigenvalue weighted by Crippen LogP contribution is -2.52. The fraction of sp³-hybridized carbons (Fsp3) is 0.615. The average molecular weight is 452 g/mol. The molecular weight excluding hydrogens is 418 g/mol. The van der Waals surface area contributed by atoms with Gasteiger partial charge in [0.25, 0.3) is 5.91 Å². The van der Waals surface area contributed by atoms with Crippen LogP contribution in [-0.2, 0) is 14.4 Å². The molecule has 2 aliphatic carbocycles. The first-order chi connectivity index (χ1) is 16.0. The maximum Gasteiger partial charge on any atom is 0.261 e. The van der Waals surface area contributed by atoms with Crippen molar-refractivity contribution in [1.82, 2.24) is 10.2 Å². The van der Waals surface area contributed by atoms with E-state index in [1.54, 1.807) is 4.90 Å². The largest absolute Gasteiger partial charge is 0.484 e. The Morgan fingerprint density at radius 2 is 1.97 bits per heavy atom. The predicted octanol–water partition coefficient (Wildman–Crippen LogP) is 3.16. The zero-order valence-corrected chi connectivity index (χ0v) is 19.3. The normalized spacial score (nSPS) is 27.5. The van der Waals surface area contributed by atoms with Crippen LogP contribution in [0.5, 0.6) is 5.75 Å². The molecule has 1 N–H and O–H groups in total. The van der Waals surface area contributed by atoms with E-state index in [-0.39, 0.29) is 36.0 Å². The van der Waals surface area contributed by atoms with Crippen LogP contribution in [0, 0.1) is 36.0 Å². The molecule has 33 heavy (non-hydrogen) atoms. The van der Waals surface area contributed by atoms with Gasteiger partial charge in [0.1, 0.15) is 23.6 Å². The Kier molecular flexibility index (Phi) is 7.32. The molecule has 5 atom stereocenters. The molecule has 2 amide bonds. The topological polar surface area (TPSA) is 99.5 Å². The maximum atomic E-state index is 13.3. The second-order valence-corrected chi connectivity index (χ2v) is 9.78. The number of hydrogen-bond acceptors (Lipinski definition) is 5. The van der Waals surface area contributed by atoms with E-state index < -0.39 is 12.1 Å². The van der Waals surface area contributed by atoms with E-state index in [1.807, 2.05) is 31.2 Å². The number of Topliss-reactive ketones (excluding diaryl/α,β-unsaturated/α-hetero) is 1. The molecule has 0 unspecified atom stereocenters. The Labute approximate surface area is 195 Å². The highest BCUT2D eigenvalue weighted by Gasteiger charge is 2.49. The SMILES string of the molecule is Cc1ccc(OCC(=O)N2C[C@@H]3CCC[C@@H]3[C@H]2C(=O)N[C@H](C#N)C[C@@H]2CCCCC2=O)cc1. The second kappa shape index (κ2) is 10.4. The lowest BCUT2D eigenvalue weighted by Gasteiger charge is -2.29. The summed E-state index contributed by atoms with van der Waals surface area (Å²) in [5.41, 5.74) is 1.11. The minimum Gasteiger partial charge on any atom is -0.484 e. The van der Waals surface area contributed by atoms with Gasteiger partial charge >= 0.3 is 0 Å². The van der Waals surface area contributed by atoms with E-state index in [1.165, 1.54) is 0 Å². The molecule has 3 aliphatic rings. The number of nitrogens with one attached hydrogen (secondary N) is 1. The van der Waals surface area contributed by atoms with Gasteiger partial charge in [-0.15, -0.1) is 0 Å². The number of likely N-dealkylation sites (tertiary alicyclic amines) is 1. The first-order valence-corrected chi connectivity index (χ1v) is 12.2. The molecule has 7 heteroatoms. The predicted molar refractivity (Wildman–Crippen MR) is 122 cm³/mol. The number of fused-ring (bicyclic) bond motifs is 1. The van der Waals surface area contributed by atoms with Crippen molar-refractivity contribution < 1.29 is 19.1 Å². The Morgan fingerprint density at radius 3 is 2.70 bits per heavy atom. The van der Waals surface area contributed by atoms with E-state index in [9.17, 15) is 19.6 Å². The number of aryl methyl sites for hydroxylation is 1. The molecule has 176 valence electrons. The summed E-state index contributed by atoms with van der Waals surface area (Å²) in [6.45, 7) is 2.42. The highest BCUT2D eigenvalue weighted by atomic mass is 16.5. The third-order valence-corrected chi connectivity index (χ3v) is 7.54. The molecule has 2 saturated carbocycles. The van der Waals surface area contributed by atoms with Gasteiger partial charge in [0, 0.05) is 18.9 Å². The van der Waals surface area contributed by atoms with Gasteiger partial charge in [-0.25, -0.2) is 0 Å². The molecule has 0 radical (unpaired) electrons. The average Bonchev–Trinajstić information content (AvgIpc) is 3.40. The lowest BCUT2D eigenvalue weighted by molar-refractivity contribution is -0.141. The molecule has 3 fully saturated rings. The van der Waals surface area contributed by atoms with Crippen molar-refractivity contribution in [3.63, 3.8) is 0 Å². The highest BCUT2D eigenvalue weighted by Crippen LogP contribution is 2.42. The van der Waals surface area contributed by atoms with Crippen LogP contribution in [-0.4, -0.2) is 47.7 Å². The van der Waals surface area contributed by atoms with E-state index in [2.05, 4.69) is 11.4 Å². The zero-order chi connectivity index (χ0) is 23.4. The van der Waals surface area contributed by atoms with Gasteiger partial charge < -0.3 is 15.0 Å². The third-order valence-electron chi connectivity index (χ3n) is 7.54. The van der Waals surface area contributed by atoms with Gasteiger partial charge in [0.15, 0.2) is 6.61 Å². The quantitative estimate of drug-likeness (QED) is 0.686. The molecule has 0 aromatic heterocycles. The number of amides is 2. The molecule has 0 spiro atoms. The molecule has 1 saturated heterocycles. The highest BCUT2D eigenvalue weighted by molar-refractivity contribution is 5.89. The number of ketones is 1. The number of benzene rings is 1. The van der Waals surface area contributed by atoms with E-state index in [4.69, 9.17) is 4.74 Å². The minimum atomic E-state index is -0.717. The molecule has 1 heterocycles. The number of hydrogen-bond donors (Lipinski definition) is 1. The van der Waals surface area contributed by atoms with Crippen LogP contribution in [0.4, 0.5) is 0 Å². The van der Waals surface area contributed by atoms with Crippen molar-refractivity contribution >= 4 is 17.6 Å². The van der Waals surface area contributed by atoms with Crippen molar-refractivity contribution in [1.29, 1.82) is 5.26 Å². The van der Waals surface area contributed by atoms with E-state index in [0.717, 1.165) is 44.1 Å². The molecular formula is C26H33N3O4. The summed E-state index contributed by atoms with van der Waals surface area (Å²) in [5, 5.41) is 12.5. The van der Waals surface area contributed by atoms with Crippen molar-refractivity contribution in [3.05, 3.63) is 29.8 Å². The standard InChI is InChI=1S/C26H33N3O4/c1-17-9-11-21(12-10-17)33-16-24(31)29-15-19-6-4-7-22(19)25(29)26(32)28-20(14-27)13-18-5-2-3-8-23(18)30/h9-12,18-20,22,25H,2-8,13,15-16H2,1H3,(H,28,32)/t18-,19-,20-,22-,25-/m0/s1. The Bertz CT molecular complexity index is 922. The summed E-state index contributed by atoms with van der Waals surface area (Å²) in [5.74, 6) is 0.596. The van der Waals surface area contributed by atoms with Gasteiger partial charge in [-0.3, -0.25) is 14.4 Å². The van der Waals surface area contributed by atoms with Crippen LogP contribution >= 0.6 is 0 Å². The lowest BCUT2D eigenvalue weighted by atomic mass is 9.83. The van der Waals surface area contributed by atoms with Crippen LogP contribution in [0.1, 0.15) is 56.9 Å². The van der Waals surface area contributed by atoms with E-state index in [0.29, 0.717) is 31.1 Å². The van der Waals surface area contributed by atoms with Crippen LogP contribution < -0.4 is 10.1 Å². The molecule has 4 rings (SSSR count). The Hall–Kier alpha value is -2.88. The summed E-state index contributed by atoms with van der Waals surface area (Å²) in [4.78, 5) is 40.2. The van der Waals surface area contributed by atoms with Crippen LogP contribution in [0.2, 0.25) is 0 Å². The molecule has 1 aromatic rings. The van der Waals surface area contributed by atoms with Gasteiger partial charge in [-0.1, -0.05) is 30.5 Å². The smallest absolute Gasteiger partial charge is 0.261 e. The first kappa shape index (κ1) is 23.3. The Balaban J connectivity index is 1.40. The van der Waals surface area contributed by atoms with Crippen molar-refractivity contribution in [2.24, 2.45) is 17.8 Å². The molecule has 0 bridgehead atoms. The number of carbonyl (C=O) groups excluding carboxylic acids is 3. The summed E-state index contributed by atoms with van der Waals surface area (Å²) >= 11 is 0. The van der Waals surface area contributed by atoms with Crippen molar-refractivity contribution in [2.75, 3.05) is 13.2 Å². The van der Waals surface area contributed by atoms with Crippen LogP contribution in [0.3, 0.4) is 0 Å². The summed E-state index contributed by atoms with van der Waals surface area (Å²) < 4.78 is 5.69. The summed E-state index contributed by atoms with van der Waals surface area (Å²) in [6, 6.07) is 8.38. The molecule has 7 nitrogen and oxygen atoms in total. The second-order valence-electron chi connectivity index (χ2n) is 9.78. The third kappa shape index (κ3) is 5.38. The number of carbonyl (C=O) groups is 3. The van der Waals surface area contributed by atoms with E-state index >= 15 is 0 Å². The van der Waals surface area contributed by atoms with Gasteiger partial charge in [0.2, 0.25) is 5.91 Å². The summed E-state index contributed by atoms with van der Waals surface area (Å²) in [7, 11) is 0. The monoisotopic (exact) mass is 451 g/mol. The van der Waals surface area contributed by atoms with Gasteiger partial charge in [-0.2, -0.15) is 5.26 Å². The fourth-order valence-corrected chi connectivity index (χ4v) is 5.75.